The van der Waals surface area contributed by atoms with Gasteiger partial charge in [0, 0.05) is 31.9 Å². The molecule has 0 spiro atoms. The van der Waals surface area contributed by atoms with Crippen molar-refractivity contribution >= 4 is 11.6 Å². The van der Waals surface area contributed by atoms with Crippen molar-refractivity contribution in [3.05, 3.63) is 53.6 Å². The van der Waals surface area contributed by atoms with Crippen molar-refractivity contribution in [3.8, 4) is 11.5 Å². The maximum absolute atomic E-state index is 13.0. The first-order chi connectivity index (χ1) is 13.5. The van der Waals surface area contributed by atoms with Crippen molar-refractivity contribution in [2.45, 2.75) is 33.3 Å². The zero-order valence-electron chi connectivity index (χ0n) is 17.3. The van der Waals surface area contributed by atoms with E-state index in [4.69, 9.17) is 9.47 Å². The van der Waals surface area contributed by atoms with Crippen LogP contribution in [0.25, 0.3) is 0 Å². The number of hydrogen-bond donors (Lipinski definition) is 0. The highest BCUT2D eigenvalue weighted by Gasteiger charge is 2.28. The summed E-state index contributed by atoms with van der Waals surface area (Å²) in [6, 6.07) is 14.2. The summed E-state index contributed by atoms with van der Waals surface area (Å²) in [6.45, 7) is 9.10. The van der Waals surface area contributed by atoms with Crippen molar-refractivity contribution < 1.29 is 14.3 Å². The predicted octanol–water partition coefficient (Wildman–Crippen LogP) is 3.82. The number of anilines is 1. The Labute approximate surface area is 167 Å². The minimum absolute atomic E-state index is 0.0813. The molecular weight excluding hydrogens is 352 g/mol. The summed E-state index contributed by atoms with van der Waals surface area (Å²) in [5.74, 6) is 1.74. The van der Waals surface area contributed by atoms with Crippen LogP contribution in [0.5, 0.6) is 11.5 Å². The summed E-state index contributed by atoms with van der Waals surface area (Å²) in [5, 5.41) is 0. The number of ether oxygens (including phenoxy) is 2. The first-order valence-corrected chi connectivity index (χ1v) is 9.93. The first-order valence-electron chi connectivity index (χ1n) is 9.93. The van der Waals surface area contributed by atoms with Gasteiger partial charge in [0.15, 0.2) is 6.10 Å². The van der Waals surface area contributed by atoms with E-state index in [-0.39, 0.29) is 5.91 Å². The fourth-order valence-corrected chi connectivity index (χ4v) is 3.48. The lowest BCUT2D eigenvalue weighted by molar-refractivity contribution is -0.139. The number of carbonyl (C=O) groups is 1. The topological polar surface area (TPSA) is 42.0 Å². The lowest BCUT2D eigenvalue weighted by atomic mass is 10.1. The molecule has 1 saturated heterocycles. The van der Waals surface area contributed by atoms with E-state index in [9.17, 15) is 4.79 Å². The quantitative estimate of drug-likeness (QED) is 0.762. The number of nitrogens with zero attached hydrogens (tertiary/aromatic N) is 2. The van der Waals surface area contributed by atoms with Gasteiger partial charge < -0.3 is 19.3 Å². The van der Waals surface area contributed by atoms with E-state index >= 15 is 0 Å². The molecule has 0 unspecified atom stereocenters. The SMILES string of the molecule is CC[C@H](Oc1cc(C)ccc1C)C(=O)N1CCN(c2ccc(OC)cc2)CC1. The number of carbonyl (C=O) groups excluding carboxylic acids is 1. The fourth-order valence-electron chi connectivity index (χ4n) is 3.48. The molecule has 2 aromatic rings. The molecule has 0 N–H and O–H groups in total. The largest absolute Gasteiger partial charge is 0.497 e. The highest BCUT2D eigenvalue weighted by molar-refractivity contribution is 5.81. The molecule has 2 aromatic carbocycles. The normalized spacial score (nSPS) is 15.3. The van der Waals surface area contributed by atoms with Gasteiger partial charge in [-0.3, -0.25) is 4.79 Å². The molecule has 0 bridgehead atoms. The molecule has 1 amide bonds. The van der Waals surface area contributed by atoms with Gasteiger partial charge in [-0.05, 0) is 61.7 Å². The Hall–Kier alpha value is -2.69. The molecule has 0 aliphatic carbocycles. The summed E-state index contributed by atoms with van der Waals surface area (Å²) < 4.78 is 11.3. The van der Waals surface area contributed by atoms with Crippen molar-refractivity contribution in [1.29, 1.82) is 0 Å². The zero-order valence-corrected chi connectivity index (χ0v) is 17.3. The van der Waals surface area contributed by atoms with Crippen molar-refractivity contribution in [2.24, 2.45) is 0 Å². The Balaban J connectivity index is 1.60. The number of rotatable bonds is 6. The van der Waals surface area contributed by atoms with E-state index in [1.54, 1.807) is 7.11 Å². The summed E-state index contributed by atoms with van der Waals surface area (Å²) in [5.41, 5.74) is 3.35. The molecular formula is C23H30N2O3. The van der Waals surface area contributed by atoms with E-state index in [0.717, 1.165) is 41.4 Å². The van der Waals surface area contributed by atoms with Crippen molar-refractivity contribution in [2.75, 3.05) is 38.2 Å². The van der Waals surface area contributed by atoms with E-state index < -0.39 is 6.10 Å². The third-order valence-corrected chi connectivity index (χ3v) is 5.29. The van der Waals surface area contributed by atoms with Gasteiger partial charge in [0.25, 0.3) is 5.91 Å². The molecule has 0 aromatic heterocycles. The van der Waals surface area contributed by atoms with Crippen LogP contribution in [0.2, 0.25) is 0 Å². The van der Waals surface area contributed by atoms with Crippen LogP contribution in [0.15, 0.2) is 42.5 Å². The van der Waals surface area contributed by atoms with Gasteiger partial charge in [0.1, 0.15) is 11.5 Å². The maximum Gasteiger partial charge on any atom is 0.263 e. The van der Waals surface area contributed by atoms with Crippen LogP contribution in [0.3, 0.4) is 0 Å². The summed E-state index contributed by atoms with van der Waals surface area (Å²) in [6.07, 6.45) is 0.221. The number of benzene rings is 2. The monoisotopic (exact) mass is 382 g/mol. The highest BCUT2D eigenvalue weighted by Crippen LogP contribution is 2.23. The Morgan fingerprint density at radius 2 is 1.71 bits per heavy atom. The molecule has 1 aliphatic rings. The Bertz CT molecular complexity index is 796. The minimum atomic E-state index is -0.437. The summed E-state index contributed by atoms with van der Waals surface area (Å²) in [7, 11) is 1.67. The van der Waals surface area contributed by atoms with Gasteiger partial charge >= 0.3 is 0 Å². The van der Waals surface area contributed by atoms with Gasteiger partial charge in [-0.1, -0.05) is 19.1 Å². The van der Waals surface area contributed by atoms with Crippen LogP contribution in [0.1, 0.15) is 24.5 Å². The van der Waals surface area contributed by atoms with Crippen LogP contribution in [0, 0.1) is 13.8 Å². The third-order valence-electron chi connectivity index (χ3n) is 5.29. The highest BCUT2D eigenvalue weighted by atomic mass is 16.5. The van der Waals surface area contributed by atoms with Gasteiger partial charge in [0.2, 0.25) is 0 Å². The van der Waals surface area contributed by atoms with Gasteiger partial charge in [-0.15, -0.1) is 0 Å². The van der Waals surface area contributed by atoms with Crippen LogP contribution in [0.4, 0.5) is 5.69 Å². The van der Waals surface area contributed by atoms with Crippen LogP contribution < -0.4 is 14.4 Å². The average Bonchev–Trinajstić information content (AvgIpc) is 2.74. The molecule has 28 heavy (non-hydrogen) atoms. The number of methoxy groups -OCH3 is 1. The van der Waals surface area contributed by atoms with E-state index in [2.05, 4.69) is 23.1 Å². The second-order valence-corrected chi connectivity index (χ2v) is 7.29. The summed E-state index contributed by atoms with van der Waals surface area (Å²) in [4.78, 5) is 17.3. The Kier molecular flexibility index (Phi) is 6.45. The lowest BCUT2D eigenvalue weighted by Gasteiger charge is -2.37. The number of piperazine rings is 1. The van der Waals surface area contributed by atoms with Gasteiger partial charge in [-0.2, -0.15) is 0 Å². The maximum atomic E-state index is 13.0. The summed E-state index contributed by atoms with van der Waals surface area (Å²) >= 11 is 0. The molecule has 1 fully saturated rings. The second kappa shape index (κ2) is 9.00. The molecule has 3 rings (SSSR count). The van der Waals surface area contributed by atoms with E-state index in [1.165, 1.54) is 0 Å². The van der Waals surface area contributed by atoms with E-state index in [1.807, 2.05) is 49.9 Å². The molecule has 5 heteroatoms. The average molecular weight is 383 g/mol. The Morgan fingerprint density at radius 3 is 2.32 bits per heavy atom. The van der Waals surface area contributed by atoms with Crippen molar-refractivity contribution in [3.63, 3.8) is 0 Å². The predicted molar refractivity (Wildman–Crippen MR) is 112 cm³/mol. The standard InChI is InChI=1S/C23H30N2O3/c1-5-21(28-22-16-17(2)6-7-18(22)3)23(26)25-14-12-24(13-15-25)19-8-10-20(27-4)11-9-19/h6-11,16,21H,5,12-15H2,1-4H3/t21-/m0/s1. The third kappa shape index (κ3) is 4.58. The second-order valence-electron chi connectivity index (χ2n) is 7.29. The Morgan fingerprint density at radius 1 is 1.04 bits per heavy atom. The lowest BCUT2D eigenvalue weighted by Crippen LogP contribution is -2.52. The fraction of sp³-hybridized carbons (Fsp3) is 0.435. The molecule has 150 valence electrons. The van der Waals surface area contributed by atoms with E-state index in [0.29, 0.717) is 19.5 Å². The minimum Gasteiger partial charge on any atom is -0.497 e. The molecule has 5 nitrogen and oxygen atoms in total. The van der Waals surface area contributed by atoms with Gasteiger partial charge in [0.05, 0.1) is 7.11 Å². The molecule has 0 saturated carbocycles. The smallest absolute Gasteiger partial charge is 0.263 e. The van der Waals surface area contributed by atoms with Crippen LogP contribution >= 0.6 is 0 Å². The molecule has 1 atom stereocenters. The first kappa shape index (κ1) is 20.1. The van der Waals surface area contributed by atoms with Gasteiger partial charge in [-0.25, -0.2) is 0 Å². The molecule has 1 aliphatic heterocycles. The van der Waals surface area contributed by atoms with Crippen LogP contribution in [-0.2, 0) is 4.79 Å². The molecule has 0 radical (unpaired) electrons. The number of amides is 1. The van der Waals surface area contributed by atoms with Crippen molar-refractivity contribution in [1.82, 2.24) is 4.90 Å². The number of aryl methyl sites for hydroxylation is 2. The zero-order chi connectivity index (χ0) is 20.1. The molecule has 1 heterocycles. The number of hydrogen-bond acceptors (Lipinski definition) is 4. The van der Waals surface area contributed by atoms with Crippen LogP contribution in [-0.4, -0.2) is 50.2 Å².